The van der Waals surface area contributed by atoms with Crippen LogP contribution in [0.25, 0.3) is 98.8 Å². The first-order valence-corrected chi connectivity index (χ1v) is 23.1. The van der Waals surface area contributed by atoms with Gasteiger partial charge in [-0.15, -0.1) is 54.6 Å². The molecule has 288 valence electrons. The van der Waals surface area contributed by atoms with E-state index in [4.69, 9.17) is 240 Å². The van der Waals surface area contributed by atoms with Gasteiger partial charge in [0.05, 0.1) is 0 Å². The van der Waals surface area contributed by atoms with Crippen molar-refractivity contribution in [3.05, 3.63) is 0 Å². The van der Waals surface area contributed by atoms with Crippen LogP contribution in [0.15, 0.2) is 4.42 Å². The second-order valence-corrected chi connectivity index (χ2v) is 19.2. The summed E-state index contributed by atoms with van der Waals surface area (Å²) in [4.78, 5) is 0. The summed E-state index contributed by atoms with van der Waals surface area (Å²) in [5, 5.41) is 0.314. The topological polar surface area (TPSA) is 13.1 Å². The highest BCUT2D eigenvalue weighted by molar-refractivity contribution is 6.77. The molecule has 31 heteroatoms. The number of fused-ring (bicyclic) bond motifs is 7. The highest BCUT2D eigenvalue weighted by Gasteiger charge is 2.32. The minimum absolute atomic E-state index is 0.00872. The molecule has 0 saturated heterocycles. The quantitative estimate of drug-likeness (QED) is 0.127. The zero-order chi connectivity index (χ0) is 58.4. The zero-order valence-electron chi connectivity index (χ0n) is 41.7. The van der Waals surface area contributed by atoms with Crippen LogP contribution in [0.5, 0.6) is 0 Å². The molecule has 79 heavy (non-hydrogen) atoms. The Morgan fingerprint density at radius 1 is 0.114 bits per heavy atom. The maximum Gasteiger partial charge on any atom is 0.128 e. The Morgan fingerprint density at radius 3 is 0.671 bits per heavy atom. The van der Waals surface area contributed by atoms with Crippen LogP contribution in [-0.2, 0) is 0 Å². The molecule has 0 amide bonds. The van der Waals surface area contributed by atoms with E-state index in [1.165, 1.54) is 0 Å². The summed E-state index contributed by atoms with van der Waals surface area (Å²) in [6.07, 6.45) is 0. The third-order valence-electron chi connectivity index (χ3n) is 15.3. The molecule has 0 aliphatic heterocycles. The largest absolute Gasteiger partial charge is 0.457 e. The Bertz CT molecular complexity index is 4460. The predicted octanol–water partition coefficient (Wildman–Crippen LogP) is -22.5. The minimum atomic E-state index is -0.307. The molecular formula is C48B30O. The van der Waals surface area contributed by atoms with E-state index in [0.29, 0.717) is 0 Å². The van der Waals surface area contributed by atoms with Crippen molar-refractivity contribution in [3.63, 3.8) is 0 Å². The number of furan rings is 1. The molecular weight excluding hydrogens is 917 g/mol. The van der Waals surface area contributed by atoms with E-state index in [1.54, 1.807) is 0 Å². The Balaban J connectivity index is 1.41. The van der Waals surface area contributed by atoms with Gasteiger partial charge in [-0.25, -0.2) is 0 Å². The molecule has 0 unspecified atom stereocenters. The fraction of sp³-hybridized carbons (Fsp3) is 0. The van der Waals surface area contributed by atoms with Crippen LogP contribution in [0.3, 0.4) is 0 Å². The van der Waals surface area contributed by atoms with E-state index in [9.17, 15) is 0 Å². The van der Waals surface area contributed by atoms with Gasteiger partial charge >= 0.3 is 0 Å². The van der Waals surface area contributed by atoms with Gasteiger partial charge in [-0.05, 0) is 76.8 Å². The molecule has 60 radical (unpaired) electrons. The summed E-state index contributed by atoms with van der Waals surface area (Å²) in [6.45, 7) is 0. The Labute approximate surface area is 498 Å². The van der Waals surface area contributed by atoms with Crippen LogP contribution in [-0.4, -0.2) is 235 Å². The second-order valence-electron chi connectivity index (χ2n) is 19.2. The molecule has 0 aliphatic carbocycles. The number of rotatable bonds is 4. The predicted molar refractivity (Wildman–Crippen MR) is 370 cm³/mol. The van der Waals surface area contributed by atoms with Gasteiger partial charge in [0, 0.05) is 10.8 Å². The lowest BCUT2D eigenvalue weighted by Crippen LogP contribution is -2.57. The first kappa shape index (κ1) is 57.7. The van der Waals surface area contributed by atoms with Crippen molar-refractivity contribution in [1.82, 2.24) is 0 Å². The molecule has 0 bridgehead atoms. The van der Waals surface area contributed by atoms with E-state index < -0.39 is 0 Å². The Morgan fingerprint density at radius 2 is 0.304 bits per heavy atom. The highest BCUT2D eigenvalue weighted by Crippen LogP contribution is 2.39. The molecule has 10 aromatic rings. The fourth-order valence-corrected chi connectivity index (χ4v) is 11.0. The van der Waals surface area contributed by atoms with Crippen LogP contribution in [0.1, 0.15) is 0 Å². The number of hydrogen-bond acceptors (Lipinski definition) is 1. The van der Waals surface area contributed by atoms with Crippen LogP contribution in [0.2, 0.25) is 0 Å². The second kappa shape index (κ2) is 19.6. The van der Waals surface area contributed by atoms with Gasteiger partial charge in [0.2, 0.25) is 0 Å². The SMILES string of the molecule is [B]c1c([B])c([B])c(-c2c([B])c([B])c([B])c(-c3c4c([B])c([B])c([B])c([B])c4c(-c4c([B])c([B])c(-c5c([B])c([B])c6oc7c([B])c([B])c8c([B])c([B])c([B])c([B])c8c7c6c5[B])c([B])c4[B])c4c([B])c([B])c([B])c([B])c34)c2[B])c([B])c1[B]. The highest BCUT2D eigenvalue weighted by atomic mass is 16.3. The van der Waals surface area contributed by atoms with Crippen LogP contribution >= 0.6 is 0 Å². The van der Waals surface area contributed by atoms with Crippen molar-refractivity contribution in [1.29, 1.82) is 0 Å². The number of hydrogen-bond donors (Lipinski definition) is 0. The van der Waals surface area contributed by atoms with Crippen molar-refractivity contribution < 1.29 is 4.42 Å². The van der Waals surface area contributed by atoms with Crippen LogP contribution in [0, 0.1) is 0 Å². The summed E-state index contributed by atoms with van der Waals surface area (Å²) in [5.74, 6) is 0. The van der Waals surface area contributed by atoms with Gasteiger partial charge < -0.3 is 4.42 Å². The standard InChI is InChI=1S/C48B30O/c49-17-9(28(60)35(67)30(62)12(17)15-31(63)42(74)44(76)43(75)32(15)64)1-3-5(21(53)38(70)36(68)19(3)51)2(6-4(1)20(52)37(69)39(71)22(6)54)10-24(56)26(58)14(27(59)25(10)57)13-18(50)16-8-7-11(29(61)41(73)40(72)23(7)55)33(65)45(77)47(8)79-48(16)46(78)34(13)66. The van der Waals surface area contributed by atoms with Crippen molar-refractivity contribution in [2.45, 2.75) is 0 Å². The summed E-state index contributed by atoms with van der Waals surface area (Å²) in [7, 11) is 203. The lowest BCUT2D eigenvalue weighted by atomic mass is 9.54. The normalized spacial score (nSPS) is 11.8. The molecule has 0 atom stereocenters. The molecule has 0 fully saturated rings. The molecule has 1 nitrogen and oxygen atoms in total. The maximum atomic E-state index is 7.24. The lowest BCUT2D eigenvalue weighted by Gasteiger charge is -2.34. The van der Waals surface area contributed by atoms with Crippen molar-refractivity contribution in [2.24, 2.45) is 0 Å². The van der Waals surface area contributed by atoms with E-state index >= 15 is 0 Å². The van der Waals surface area contributed by atoms with E-state index in [1.807, 2.05) is 0 Å². The zero-order valence-corrected chi connectivity index (χ0v) is 41.7. The molecule has 0 aliphatic rings. The molecule has 0 N–H and O–H groups in total. The minimum Gasteiger partial charge on any atom is -0.457 e. The molecule has 1 heterocycles. The Hall–Kier alpha value is -4.49. The number of benzene rings is 9. The molecule has 1 aromatic heterocycles. The maximum absolute atomic E-state index is 7.24. The van der Waals surface area contributed by atoms with Crippen molar-refractivity contribution in [3.8, 4) is 44.5 Å². The van der Waals surface area contributed by atoms with Gasteiger partial charge in [0.15, 0.2) is 0 Å². The summed E-state index contributed by atoms with van der Waals surface area (Å²) in [5.41, 5.74) is -6.45. The van der Waals surface area contributed by atoms with E-state index in [-0.39, 0.29) is 263 Å². The van der Waals surface area contributed by atoms with E-state index in [2.05, 4.69) is 0 Å². The first-order chi connectivity index (χ1) is 36.8. The monoisotopic (exact) mass is 922 g/mol. The van der Waals surface area contributed by atoms with Gasteiger partial charge in [-0.2, -0.15) is 0 Å². The van der Waals surface area contributed by atoms with Crippen LogP contribution in [0.4, 0.5) is 0 Å². The van der Waals surface area contributed by atoms with Gasteiger partial charge in [-0.3, -0.25) is 0 Å². The van der Waals surface area contributed by atoms with Gasteiger partial charge in [0.1, 0.15) is 247 Å². The third kappa shape index (κ3) is 7.52. The molecule has 0 spiro atoms. The summed E-state index contributed by atoms with van der Waals surface area (Å²) in [6, 6.07) is 0. The molecule has 10 rings (SSSR count). The molecule has 9 aromatic carbocycles. The first-order valence-electron chi connectivity index (χ1n) is 23.1. The van der Waals surface area contributed by atoms with Gasteiger partial charge in [0.25, 0.3) is 0 Å². The lowest BCUT2D eigenvalue weighted by molar-refractivity contribution is 0.675. The smallest absolute Gasteiger partial charge is 0.128 e. The summed E-state index contributed by atoms with van der Waals surface area (Å²) < 4.78 is 6.28. The van der Waals surface area contributed by atoms with Gasteiger partial charge in [-0.1, -0.05) is 109 Å². The molecule has 0 saturated carbocycles. The fourth-order valence-electron chi connectivity index (χ4n) is 11.0. The Kier molecular flexibility index (Phi) is 14.3. The van der Waals surface area contributed by atoms with Crippen molar-refractivity contribution in [2.75, 3.05) is 0 Å². The van der Waals surface area contributed by atoms with Crippen molar-refractivity contribution >= 4 is 454 Å². The average Bonchev–Trinajstić information content (AvgIpc) is 4.08. The summed E-state index contributed by atoms with van der Waals surface area (Å²) >= 11 is 0. The average molecular weight is 917 g/mol. The van der Waals surface area contributed by atoms with E-state index in [0.717, 1.165) is 0 Å². The van der Waals surface area contributed by atoms with Crippen LogP contribution < -0.4 is 164 Å². The third-order valence-corrected chi connectivity index (χ3v) is 15.3.